The zero-order valence-corrected chi connectivity index (χ0v) is 10.7. The van der Waals surface area contributed by atoms with Gasteiger partial charge in [-0.15, -0.1) is 0 Å². The fourth-order valence-corrected chi connectivity index (χ4v) is 1.37. The van der Waals surface area contributed by atoms with Crippen molar-refractivity contribution in [2.24, 2.45) is 0 Å². The first-order valence-corrected chi connectivity index (χ1v) is 4.12. The maximum atomic E-state index is 4.17. The summed E-state index contributed by atoms with van der Waals surface area (Å²) in [6.45, 7) is 4.35. The third-order valence-corrected chi connectivity index (χ3v) is 1.98. The van der Waals surface area contributed by atoms with Gasteiger partial charge in [-0.3, -0.25) is 4.98 Å². The molecule has 0 unspecified atom stereocenters. The Morgan fingerprint density at radius 3 is 2.92 bits per heavy atom. The number of hydrogen-bond acceptors (Lipinski definition) is 1. The maximum Gasteiger partial charge on any atom is 0.0439 e. The van der Waals surface area contributed by atoms with Gasteiger partial charge in [0.05, 0.1) is 0 Å². The van der Waals surface area contributed by atoms with Gasteiger partial charge in [-0.1, -0.05) is 19.5 Å². The predicted molar refractivity (Wildman–Crippen MR) is 48.1 cm³/mol. The van der Waals surface area contributed by atoms with Crippen molar-refractivity contribution < 1.29 is 32.7 Å². The van der Waals surface area contributed by atoms with Crippen LogP contribution in [0.3, 0.4) is 0 Å². The predicted octanol–water partition coefficient (Wildman–Crippen LogP) is 2.26. The summed E-state index contributed by atoms with van der Waals surface area (Å²) >= 11 is 0. The molecule has 0 aliphatic heterocycles. The van der Waals surface area contributed by atoms with E-state index < -0.39 is 0 Å². The molecule has 0 bridgehead atoms. The Morgan fingerprint density at radius 2 is 2.23 bits per heavy atom. The number of rotatable bonds is 1. The molecule has 13 heavy (non-hydrogen) atoms. The Balaban J connectivity index is 0.000000845. The van der Waals surface area contributed by atoms with Crippen LogP contribution in [0.2, 0.25) is 0 Å². The summed E-state index contributed by atoms with van der Waals surface area (Å²) in [4.78, 5) is 4.17. The molecule has 2 heterocycles. The van der Waals surface area contributed by atoms with Gasteiger partial charge >= 0.3 is 0 Å². The van der Waals surface area contributed by atoms with Crippen LogP contribution in [-0.4, -0.2) is 9.38 Å². The standard InChI is InChI=1S/C10H11N2.Y/c1-8(2)9-4-3-5-10-11-6-7-12(9)10;/h3-4,6-8H,1-2H3;/q-1;. The molecule has 1 radical (unpaired) electrons. The zero-order chi connectivity index (χ0) is 8.55. The van der Waals surface area contributed by atoms with Crippen molar-refractivity contribution >= 4 is 5.65 Å². The monoisotopic (exact) mass is 248 g/mol. The molecule has 2 aromatic rings. The van der Waals surface area contributed by atoms with Gasteiger partial charge in [-0.05, 0) is 5.92 Å². The van der Waals surface area contributed by atoms with E-state index in [2.05, 4.69) is 35.4 Å². The molecule has 0 aromatic carbocycles. The minimum Gasteiger partial charge on any atom is -0.337 e. The van der Waals surface area contributed by atoms with E-state index in [-0.39, 0.29) is 32.7 Å². The molecule has 65 valence electrons. The summed E-state index contributed by atoms with van der Waals surface area (Å²) in [5.74, 6) is 0.524. The zero-order valence-electron chi connectivity index (χ0n) is 7.86. The van der Waals surface area contributed by atoms with E-state index in [1.54, 1.807) is 6.20 Å². The van der Waals surface area contributed by atoms with Crippen LogP contribution in [0.1, 0.15) is 25.5 Å². The van der Waals surface area contributed by atoms with Crippen LogP contribution < -0.4 is 0 Å². The quantitative estimate of drug-likeness (QED) is 0.707. The molecule has 0 amide bonds. The molecule has 0 N–H and O–H groups in total. The van der Waals surface area contributed by atoms with Gasteiger partial charge in [0, 0.05) is 50.8 Å². The Morgan fingerprint density at radius 1 is 1.46 bits per heavy atom. The largest absolute Gasteiger partial charge is 0.337 e. The van der Waals surface area contributed by atoms with E-state index in [0.717, 1.165) is 5.65 Å². The number of aromatic nitrogens is 2. The van der Waals surface area contributed by atoms with Crippen molar-refractivity contribution in [1.29, 1.82) is 0 Å². The van der Waals surface area contributed by atoms with Crippen molar-refractivity contribution in [3.05, 3.63) is 36.3 Å². The Hall–Kier alpha value is -0.206. The SMILES string of the molecule is CC(C)c1cc[c-]c2nccn12.[Y]. The summed E-state index contributed by atoms with van der Waals surface area (Å²) in [5.41, 5.74) is 2.18. The summed E-state index contributed by atoms with van der Waals surface area (Å²) in [6, 6.07) is 7.09. The second-order valence-corrected chi connectivity index (χ2v) is 3.18. The van der Waals surface area contributed by atoms with Gasteiger partial charge in [0.15, 0.2) is 0 Å². The first-order chi connectivity index (χ1) is 5.79. The first kappa shape index (κ1) is 10.9. The molecule has 0 atom stereocenters. The van der Waals surface area contributed by atoms with Crippen molar-refractivity contribution in [2.45, 2.75) is 19.8 Å². The number of imidazole rings is 1. The van der Waals surface area contributed by atoms with Crippen molar-refractivity contribution in [2.75, 3.05) is 0 Å². The Kier molecular flexibility index (Phi) is 3.63. The van der Waals surface area contributed by atoms with Crippen molar-refractivity contribution in [1.82, 2.24) is 9.38 Å². The van der Waals surface area contributed by atoms with Crippen LogP contribution in [0.15, 0.2) is 24.5 Å². The van der Waals surface area contributed by atoms with Gasteiger partial charge in [0.1, 0.15) is 0 Å². The summed E-state index contributed by atoms with van der Waals surface area (Å²) in [7, 11) is 0. The van der Waals surface area contributed by atoms with E-state index in [1.165, 1.54) is 5.69 Å². The van der Waals surface area contributed by atoms with Crippen LogP contribution in [0.4, 0.5) is 0 Å². The van der Waals surface area contributed by atoms with Gasteiger partial charge in [0.25, 0.3) is 0 Å². The summed E-state index contributed by atoms with van der Waals surface area (Å²) in [5, 5.41) is 0. The molecule has 3 heteroatoms. The van der Waals surface area contributed by atoms with Gasteiger partial charge in [0.2, 0.25) is 0 Å². The third-order valence-electron chi connectivity index (χ3n) is 1.98. The number of fused-ring (bicyclic) bond motifs is 1. The van der Waals surface area contributed by atoms with Gasteiger partial charge in [-0.2, -0.15) is 6.07 Å². The third kappa shape index (κ3) is 2.00. The second kappa shape index (κ2) is 4.34. The summed E-state index contributed by atoms with van der Waals surface area (Å²) < 4.78 is 2.07. The Labute approximate surface area is 103 Å². The summed E-state index contributed by atoms with van der Waals surface area (Å²) in [6.07, 6.45) is 3.78. The maximum absolute atomic E-state index is 4.17. The van der Waals surface area contributed by atoms with E-state index in [9.17, 15) is 0 Å². The van der Waals surface area contributed by atoms with Crippen LogP contribution in [-0.2, 0) is 32.7 Å². The van der Waals surface area contributed by atoms with Crippen molar-refractivity contribution in [3.8, 4) is 0 Å². The van der Waals surface area contributed by atoms with Crippen LogP contribution in [0.5, 0.6) is 0 Å². The number of pyridine rings is 1. The number of nitrogens with zero attached hydrogens (tertiary/aromatic N) is 2. The molecule has 0 spiro atoms. The second-order valence-electron chi connectivity index (χ2n) is 3.18. The fourth-order valence-electron chi connectivity index (χ4n) is 1.37. The molecule has 0 fully saturated rings. The molecular weight excluding hydrogens is 237 g/mol. The molecule has 0 aliphatic rings. The normalized spacial score (nSPS) is 10.4. The van der Waals surface area contributed by atoms with Gasteiger partial charge in [-0.25, -0.2) is 12.1 Å². The van der Waals surface area contributed by atoms with E-state index in [1.807, 2.05) is 12.3 Å². The molecular formula is C10H11N2Y-. The average Bonchev–Trinajstić information content (AvgIpc) is 2.49. The van der Waals surface area contributed by atoms with E-state index in [0.29, 0.717) is 5.92 Å². The topological polar surface area (TPSA) is 17.3 Å². The number of hydrogen-bond donors (Lipinski definition) is 0. The van der Waals surface area contributed by atoms with Crippen LogP contribution >= 0.6 is 0 Å². The van der Waals surface area contributed by atoms with E-state index >= 15 is 0 Å². The fraction of sp³-hybridized carbons (Fsp3) is 0.300. The minimum absolute atomic E-state index is 0. The molecule has 0 aliphatic carbocycles. The van der Waals surface area contributed by atoms with E-state index in [4.69, 9.17) is 0 Å². The average molecular weight is 248 g/mol. The van der Waals surface area contributed by atoms with Crippen LogP contribution in [0, 0.1) is 6.07 Å². The Bertz CT molecular complexity index is 392. The molecule has 2 aromatic heterocycles. The smallest absolute Gasteiger partial charge is 0.0439 e. The molecule has 2 nitrogen and oxygen atoms in total. The van der Waals surface area contributed by atoms with Crippen molar-refractivity contribution in [3.63, 3.8) is 0 Å². The molecule has 0 saturated heterocycles. The van der Waals surface area contributed by atoms with Gasteiger partial charge < -0.3 is 4.40 Å². The first-order valence-electron chi connectivity index (χ1n) is 4.12. The van der Waals surface area contributed by atoms with Crippen LogP contribution in [0.25, 0.3) is 5.65 Å². The molecule has 2 rings (SSSR count). The minimum atomic E-state index is 0. The molecule has 0 saturated carbocycles.